The summed E-state index contributed by atoms with van der Waals surface area (Å²) in [5.41, 5.74) is 7.60. The second-order valence-electron chi connectivity index (χ2n) is 5.63. The average molecular weight is 341 g/mol. The second kappa shape index (κ2) is 8.81. The van der Waals surface area contributed by atoms with E-state index in [1.54, 1.807) is 0 Å². The van der Waals surface area contributed by atoms with Gasteiger partial charge in [0.1, 0.15) is 0 Å². The van der Waals surface area contributed by atoms with Crippen LogP contribution >= 0.6 is 15.9 Å². The molecular weight excluding hydrogens is 312 g/mol. The Morgan fingerprint density at radius 3 is 2.05 bits per heavy atom. The lowest BCUT2D eigenvalue weighted by Crippen LogP contribution is -2.41. The summed E-state index contributed by atoms with van der Waals surface area (Å²) in [5, 5.41) is 0. The number of hydrogen-bond donors (Lipinski definition) is 1. The third kappa shape index (κ3) is 4.87. The molecule has 0 heterocycles. The van der Waals surface area contributed by atoms with Crippen LogP contribution in [0.4, 0.5) is 0 Å². The second-order valence-corrected chi connectivity index (χ2v) is 6.54. The zero-order chi connectivity index (χ0) is 15.1. The van der Waals surface area contributed by atoms with Crippen molar-refractivity contribution in [2.75, 3.05) is 13.1 Å². The lowest BCUT2D eigenvalue weighted by molar-refractivity contribution is 0.153. The van der Waals surface area contributed by atoms with Gasteiger partial charge in [0.2, 0.25) is 0 Å². The van der Waals surface area contributed by atoms with Gasteiger partial charge in [-0.2, -0.15) is 0 Å². The molecule has 1 aromatic carbocycles. The minimum atomic E-state index is 0.130. The molecule has 20 heavy (non-hydrogen) atoms. The minimum absolute atomic E-state index is 0.130. The van der Waals surface area contributed by atoms with Crippen molar-refractivity contribution in [2.24, 2.45) is 11.7 Å². The molecule has 2 nitrogen and oxygen atoms in total. The van der Waals surface area contributed by atoms with Crippen LogP contribution in [-0.2, 0) is 0 Å². The summed E-state index contributed by atoms with van der Waals surface area (Å²) in [6.45, 7) is 11.1. The van der Waals surface area contributed by atoms with E-state index in [2.05, 4.69) is 72.8 Å². The van der Waals surface area contributed by atoms with Crippen LogP contribution in [0.25, 0.3) is 0 Å². The summed E-state index contributed by atoms with van der Waals surface area (Å²) in [5.74, 6) is 0.756. The smallest absolute Gasteiger partial charge is 0.0496 e. The molecule has 2 unspecified atom stereocenters. The van der Waals surface area contributed by atoms with Crippen LogP contribution in [-0.4, -0.2) is 24.0 Å². The van der Waals surface area contributed by atoms with Crippen molar-refractivity contribution in [2.45, 2.75) is 52.6 Å². The first-order valence-corrected chi connectivity index (χ1v) is 8.57. The highest BCUT2D eigenvalue weighted by Gasteiger charge is 2.24. The van der Waals surface area contributed by atoms with E-state index in [0.717, 1.165) is 23.5 Å². The molecule has 0 aliphatic rings. The van der Waals surface area contributed by atoms with Crippen LogP contribution in [0.3, 0.4) is 0 Å². The normalized spacial score (nSPS) is 14.8. The first-order valence-electron chi connectivity index (χ1n) is 7.78. The summed E-state index contributed by atoms with van der Waals surface area (Å²) in [7, 11) is 0. The van der Waals surface area contributed by atoms with Crippen molar-refractivity contribution in [1.29, 1.82) is 0 Å². The molecular formula is C17H29BrN2. The molecule has 0 fully saturated rings. The number of halogens is 1. The summed E-state index contributed by atoms with van der Waals surface area (Å²) in [6.07, 6.45) is 2.47. The van der Waals surface area contributed by atoms with E-state index in [1.807, 2.05) is 0 Å². The monoisotopic (exact) mass is 340 g/mol. The predicted octanol–water partition coefficient (Wildman–Crippen LogP) is 4.60. The number of nitrogens with zero attached hydrogens (tertiary/aromatic N) is 1. The fourth-order valence-corrected chi connectivity index (χ4v) is 3.09. The molecule has 3 heteroatoms. The standard InChI is InChI=1S/C17H29BrN2/c1-5-14(6-2)12-20(7-3)17(13(4)19)15-8-10-16(18)11-9-15/h8-11,13-14,17H,5-7,12,19H2,1-4H3. The highest BCUT2D eigenvalue weighted by atomic mass is 79.9. The van der Waals surface area contributed by atoms with Crippen LogP contribution < -0.4 is 5.73 Å². The molecule has 0 aromatic heterocycles. The lowest BCUT2D eigenvalue weighted by atomic mass is 9.96. The Morgan fingerprint density at radius 1 is 1.10 bits per heavy atom. The molecule has 0 bridgehead atoms. The van der Waals surface area contributed by atoms with E-state index in [9.17, 15) is 0 Å². The number of benzene rings is 1. The molecule has 0 saturated carbocycles. The van der Waals surface area contributed by atoms with Gasteiger partial charge in [0.05, 0.1) is 0 Å². The quantitative estimate of drug-likeness (QED) is 0.749. The Kier molecular flexibility index (Phi) is 7.78. The first-order chi connectivity index (χ1) is 9.53. The summed E-state index contributed by atoms with van der Waals surface area (Å²) in [4.78, 5) is 2.53. The van der Waals surface area contributed by atoms with Gasteiger partial charge in [0.25, 0.3) is 0 Å². The van der Waals surface area contributed by atoms with Gasteiger partial charge in [-0.1, -0.05) is 61.7 Å². The predicted molar refractivity (Wildman–Crippen MR) is 91.9 cm³/mol. The third-order valence-electron chi connectivity index (χ3n) is 4.16. The lowest BCUT2D eigenvalue weighted by Gasteiger charge is -2.36. The molecule has 0 spiro atoms. The van der Waals surface area contributed by atoms with Gasteiger partial charge < -0.3 is 5.73 Å². The maximum Gasteiger partial charge on any atom is 0.0496 e. The van der Waals surface area contributed by atoms with Gasteiger partial charge in [-0.15, -0.1) is 0 Å². The Balaban J connectivity index is 2.94. The number of nitrogens with two attached hydrogens (primary N) is 1. The highest BCUT2D eigenvalue weighted by molar-refractivity contribution is 9.10. The number of rotatable bonds is 8. The van der Waals surface area contributed by atoms with Crippen molar-refractivity contribution in [3.05, 3.63) is 34.3 Å². The van der Waals surface area contributed by atoms with Gasteiger partial charge in [0.15, 0.2) is 0 Å². The Bertz CT molecular complexity index is 371. The Labute approximate surface area is 132 Å². The minimum Gasteiger partial charge on any atom is -0.326 e. The summed E-state index contributed by atoms with van der Waals surface area (Å²) < 4.78 is 1.12. The Hall–Kier alpha value is -0.380. The molecule has 0 amide bonds. The van der Waals surface area contributed by atoms with Crippen molar-refractivity contribution >= 4 is 15.9 Å². The van der Waals surface area contributed by atoms with E-state index >= 15 is 0 Å². The van der Waals surface area contributed by atoms with Gasteiger partial charge >= 0.3 is 0 Å². The van der Waals surface area contributed by atoms with E-state index < -0.39 is 0 Å². The van der Waals surface area contributed by atoms with Crippen LogP contribution in [0.2, 0.25) is 0 Å². The van der Waals surface area contributed by atoms with E-state index in [1.165, 1.54) is 18.4 Å². The van der Waals surface area contributed by atoms with Crippen molar-refractivity contribution in [3.63, 3.8) is 0 Å². The van der Waals surface area contributed by atoms with Gasteiger partial charge in [-0.05, 0) is 37.1 Å². The molecule has 0 aliphatic heterocycles. The van der Waals surface area contributed by atoms with Crippen molar-refractivity contribution < 1.29 is 0 Å². The van der Waals surface area contributed by atoms with Crippen molar-refractivity contribution in [1.82, 2.24) is 4.90 Å². The average Bonchev–Trinajstić information content (AvgIpc) is 2.44. The highest BCUT2D eigenvalue weighted by Crippen LogP contribution is 2.26. The first kappa shape index (κ1) is 17.7. The molecule has 114 valence electrons. The van der Waals surface area contributed by atoms with Crippen molar-refractivity contribution in [3.8, 4) is 0 Å². The molecule has 0 saturated heterocycles. The zero-order valence-corrected chi connectivity index (χ0v) is 14.9. The molecule has 1 aromatic rings. The molecule has 1 rings (SSSR count). The fraction of sp³-hybridized carbons (Fsp3) is 0.647. The Morgan fingerprint density at radius 2 is 1.65 bits per heavy atom. The van der Waals surface area contributed by atoms with Gasteiger partial charge in [0, 0.05) is 23.1 Å². The maximum atomic E-state index is 6.29. The fourth-order valence-electron chi connectivity index (χ4n) is 2.82. The van der Waals surface area contributed by atoms with E-state index in [0.29, 0.717) is 6.04 Å². The van der Waals surface area contributed by atoms with E-state index in [4.69, 9.17) is 5.73 Å². The van der Waals surface area contributed by atoms with E-state index in [-0.39, 0.29) is 6.04 Å². The van der Waals surface area contributed by atoms with Crippen LogP contribution in [0.15, 0.2) is 28.7 Å². The van der Waals surface area contributed by atoms with Crippen LogP contribution in [0.5, 0.6) is 0 Å². The van der Waals surface area contributed by atoms with Crippen LogP contribution in [0, 0.1) is 5.92 Å². The largest absolute Gasteiger partial charge is 0.326 e. The summed E-state index contributed by atoms with van der Waals surface area (Å²) in [6, 6.07) is 9.02. The zero-order valence-electron chi connectivity index (χ0n) is 13.3. The molecule has 2 N–H and O–H groups in total. The SMILES string of the molecule is CCC(CC)CN(CC)C(c1ccc(Br)cc1)C(C)N. The maximum absolute atomic E-state index is 6.29. The number of hydrogen-bond acceptors (Lipinski definition) is 2. The molecule has 0 aliphatic carbocycles. The molecule has 0 radical (unpaired) electrons. The third-order valence-corrected chi connectivity index (χ3v) is 4.69. The topological polar surface area (TPSA) is 29.3 Å². The van der Waals surface area contributed by atoms with Gasteiger partial charge in [-0.25, -0.2) is 0 Å². The number of likely N-dealkylation sites (N-methyl/N-ethyl adjacent to an activating group) is 1. The summed E-state index contributed by atoms with van der Waals surface area (Å²) >= 11 is 3.50. The van der Waals surface area contributed by atoms with Crippen LogP contribution in [0.1, 0.15) is 52.1 Å². The van der Waals surface area contributed by atoms with Gasteiger partial charge in [-0.3, -0.25) is 4.90 Å². The molecule has 2 atom stereocenters.